The van der Waals surface area contributed by atoms with E-state index in [-0.39, 0.29) is 5.78 Å². The number of carbonyl (C=O) groups excluding carboxylic acids is 1. The fourth-order valence-corrected chi connectivity index (χ4v) is 0.919. The molecule has 58 valence electrons. The van der Waals surface area contributed by atoms with Crippen molar-refractivity contribution < 1.29 is 4.79 Å². The number of carbonyl (C=O) groups is 1. The van der Waals surface area contributed by atoms with E-state index in [1.54, 1.807) is 12.3 Å². The number of hydrogen-bond donors (Lipinski definition) is 1. The number of rotatable bonds is 1. The van der Waals surface area contributed by atoms with Gasteiger partial charge in [-0.05, 0) is 25.5 Å². The summed E-state index contributed by atoms with van der Waals surface area (Å²) in [5, 5.41) is 0. The van der Waals surface area contributed by atoms with Crippen molar-refractivity contribution in [3.63, 3.8) is 0 Å². The topological polar surface area (TPSA) is 56.0 Å². The van der Waals surface area contributed by atoms with Gasteiger partial charge in [0, 0.05) is 11.8 Å². The Morgan fingerprint density at radius 1 is 1.64 bits per heavy atom. The van der Waals surface area contributed by atoms with E-state index in [0.29, 0.717) is 11.4 Å². The van der Waals surface area contributed by atoms with Gasteiger partial charge in [0.05, 0.1) is 0 Å². The molecule has 0 fully saturated rings. The molecule has 0 unspecified atom stereocenters. The van der Waals surface area contributed by atoms with E-state index < -0.39 is 0 Å². The molecule has 0 radical (unpaired) electrons. The Balaban J connectivity index is 3.23. The summed E-state index contributed by atoms with van der Waals surface area (Å²) in [6.45, 7) is 3.35. The molecular weight excluding hydrogens is 140 g/mol. The summed E-state index contributed by atoms with van der Waals surface area (Å²) in [6, 6.07) is 1.59. The first-order valence-corrected chi connectivity index (χ1v) is 3.34. The number of nitrogens with two attached hydrogens (primary N) is 1. The van der Waals surface area contributed by atoms with E-state index in [2.05, 4.69) is 4.98 Å². The van der Waals surface area contributed by atoms with Crippen LogP contribution in [0.4, 0.5) is 5.82 Å². The molecule has 0 aliphatic heterocycles. The molecule has 1 rings (SSSR count). The molecule has 3 nitrogen and oxygen atoms in total. The van der Waals surface area contributed by atoms with Gasteiger partial charge >= 0.3 is 0 Å². The number of nitrogens with zero attached hydrogens (tertiary/aromatic N) is 1. The summed E-state index contributed by atoms with van der Waals surface area (Å²) >= 11 is 0. The molecular formula is C8H10N2O. The van der Waals surface area contributed by atoms with Crippen LogP contribution in [-0.4, -0.2) is 10.8 Å². The molecule has 1 aromatic heterocycles. The van der Waals surface area contributed by atoms with E-state index >= 15 is 0 Å². The molecule has 0 saturated heterocycles. The molecule has 0 spiro atoms. The number of anilines is 1. The first-order chi connectivity index (χ1) is 5.11. The third-order valence-corrected chi connectivity index (χ3v) is 1.50. The van der Waals surface area contributed by atoms with Crippen LogP contribution < -0.4 is 5.73 Å². The van der Waals surface area contributed by atoms with E-state index in [0.717, 1.165) is 5.56 Å². The normalized spacial score (nSPS) is 9.64. The van der Waals surface area contributed by atoms with Gasteiger partial charge in [0.15, 0.2) is 5.78 Å². The molecule has 0 aliphatic rings. The maximum absolute atomic E-state index is 10.9. The van der Waals surface area contributed by atoms with Crippen molar-refractivity contribution in [3.8, 4) is 0 Å². The first kappa shape index (κ1) is 7.72. The Kier molecular flexibility index (Phi) is 1.89. The fraction of sp³-hybridized carbons (Fsp3) is 0.250. The van der Waals surface area contributed by atoms with Crippen molar-refractivity contribution in [2.75, 3.05) is 5.73 Å². The molecule has 0 aromatic carbocycles. The van der Waals surface area contributed by atoms with Crippen molar-refractivity contribution >= 4 is 11.6 Å². The Bertz CT molecular complexity index is 294. The second-order valence-corrected chi connectivity index (χ2v) is 2.48. The van der Waals surface area contributed by atoms with Gasteiger partial charge in [-0.25, -0.2) is 4.98 Å². The SMILES string of the molecule is CC(=O)c1cc(N)ncc1C. The van der Waals surface area contributed by atoms with Gasteiger partial charge < -0.3 is 5.73 Å². The summed E-state index contributed by atoms with van der Waals surface area (Å²) in [5.74, 6) is 0.414. The summed E-state index contributed by atoms with van der Waals surface area (Å²) in [4.78, 5) is 14.8. The van der Waals surface area contributed by atoms with Crippen molar-refractivity contribution in [2.24, 2.45) is 0 Å². The summed E-state index contributed by atoms with van der Waals surface area (Å²) in [6.07, 6.45) is 1.60. The lowest BCUT2D eigenvalue weighted by Crippen LogP contribution is -1.99. The average molecular weight is 150 g/mol. The van der Waals surface area contributed by atoms with Crippen molar-refractivity contribution in [2.45, 2.75) is 13.8 Å². The van der Waals surface area contributed by atoms with Crippen LogP contribution in [0.5, 0.6) is 0 Å². The first-order valence-electron chi connectivity index (χ1n) is 3.34. The third-order valence-electron chi connectivity index (χ3n) is 1.50. The Labute approximate surface area is 65.2 Å². The maximum atomic E-state index is 10.9. The number of pyridine rings is 1. The van der Waals surface area contributed by atoms with E-state index in [1.165, 1.54) is 6.92 Å². The van der Waals surface area contributed by atoms with Gasteiger partial charge in [-0.3, -0.25) is 4.79 Å². The Morgan fingerprint density at radius 3 is 2.73 bits per heavy atom. The zero-order valence-electron chi connectivity index (χ0n) is 6.59. The lowest BCUT2D eigenvalue weighted by molar-refractivity contribution is 0.101. The van der Waals surface area contributed by atoms with Crippen LogP contribution in [0.3, 0.4) is 0 Å². The lowest BCUT2D eigenvalue weighted by atomic mass is 10.1. The van der Waals surface area contributed by atoms with Gasteiger partial charge in [0.25, 0.3) is 0 Å². The maximum Gasteiger partial charge on any atom is 0.160 e. The van der Waals surface area contributed by atoms with E-state index in [4.69, 9.17) is 5.73 Å². The zero-order valence-corrected chi connectivity index (χ0v) is 6.59. The second-order valence-electron chi connectivity index (χ2n) is 2.48. The number of Topliss-reactive ketones (excluding diaryl/α,β-unsaturated/α-hetero) is 1. The molecule has 0 atom stereocenters. The monoisotopic (exact) mass is 150 g/mol. The fourth-order valence-electron chi connectivity index (χ4n) is 0.919. The number of aryl methyl sites for hydroxylation is 1. The quantitative estimate of drug-likeness (QED) is 0.611. The number of aromatic nitrogens is 1. The van der Waals surface area contributed by atoms with Crippen LogP contribution in [0.1, 0.15) is 22.8 Å². The molecule has 2 N–H and O–H groups in total. The summed E-state index contributed by atoms with van der Waals surface area (Å²) in [5.41, 5.74) is 6.92. The number of nitrogen functional groups attached to an aromatic ring is 1. The number of ketones is 1. The zero-order chi connectivity index (χ0) is 8.43. The predicted octanol–water partition coefficient (Wildman–Crippen LogP) is 1.17. The van der Waals surface area contributed by atoms with Gasteiger partial charge in [0.1, 0.15) is 5.82 Å². The minimum absolute atomic E-state index is 0.0246. The minimum Gasteiger partial charge on any atom is -0.384 e. The molecule has 11 heavy (non-hydrogen) atoms. The number of hydrogen-bond acceptors (Lipinski definition) is 3. The van der Waals surface area contributed by atoms with Crippen molar-refractivity contribution in [1.82, 2.24) is 4.98 Å². The van der Waals surface area contributed by atoms with Gasteiger partial charge in [-0.2, -0.15) is 0 Å². The van der Waals surface area contributed by atoms with Crippen molar-refractivity contribution in [1.29, 1.82) is 0 Å². The highest BCUT2D eigenvalue weighted by atomic mass is 16.1. The summed E-state index contributed by atoms with van der Waals surface area (Å²) < 4.78 is 0. The van der Waals surface area contributed by atoms with Crippen LogP contribution in [-0.2, 0) is 0 Å². The van der Waals surface area contributed by atoms with Gasteiger partial charge in [0.2, 0.25) is 0 Å². The van der Waals surface area contributed by atoms with Gasteiger partial charge in [-0.15, -0.1) is 0 Å². The minimum atomic E-state index is 0.0246. The van der Waals surface area contributed by atoms with Crippen LogP contribution in [0.25, 0.3) is 0 Å². The molecule has 0 amide bonds. The van der Waals surface area contributed by atoms with E-state index in [1.807, 2.05) is 6.92 Å². The van der Waals surface area contributed by atoms with Gasteiger partial charge in [-0.1, -0.05) is 0 Å². The smallest absolute Gasteiger partial charge is 0.160 e. The molecule has 0 bridgehead atoms. The molecule has 1 aromatic rings. The molecule has 3 heteroatoms. The van der Waals surface area contributed by atoms with Crippen LogP contribution in [0.2, 0.25) is 0 Å². The highest BCUT2D eigenvalue weighted by molar-refractivity contribution is 5.95. The molecule has 0 saturated carbocycles. The Morgan fingerprint density at radius 2 is 2.27 bits per heavy atom. The highest BCUT2D eigenvalue weighted by Crippen LogP contribution is 2.09. The standard InChI is InChI=1S/C8H10N2O/c1-5-4-10-8(9)3-7(5)6(2)11/h3-4H,1-2H3,(H2,9,10). The van der Waals surface area contributed by atoms with E-state index in [9.17, 15) is 4.79 Å². The largest absolute Gasteiger partial charge is 0.384 e. The molecule has 0 aliphatic carbocycles. The van der Waals surface area contributed by atoms with Crippen LogP contribution in [0, 0.1) is 6.92 Å². The second kappa shape index (κ2) is 2.70. The Hall–Kier alpha value is -1.38. The predicted molar refractivity (Wildman–Crippen MR) is 43.4 cm³/mol. The van der Waals surface area contributed by atoms with Crippen LogP contribution >= 0.6 is 0 Å². The lowest BCUT2D eigenvalue weighted by Gasteiger charge is -2.00. The third kappa shape index (κ3) is 1.55. The highest BCUT2D eigenvalue weighted by Gasteiger charge is 2.03. The molecule has 1 heterocycles. The average Bonchev–Trinajstić information content (AvgIpc) is 1.94. The summed E-state index contributed by atoms with van der Waals surface area (Å²) in [7, 11) is 0. The van der Waals surface area contributed by atoms with Crippen molar-refractivity contribution in [3.05, 3.63) is 23.4 Å². The van der Waals surface area contributed by atoms with Crippen LogP contribution in [0.15, 0.2) is 12.3 Å².